The van der Waals surface area contributed by atoms with Crippen LogP contribution in [0.1, 0.15) is 12.7 Å². The van der Waals surface area contributed by atoms with Crippen molar-refractivity contribution in [1.29, 1.82) is 0 Å². The summed E-state index contributed by atoms with van der Waals surface area (Å²) in [6.45, 7) is 2.11. The number of aryl methyl sites for hydroxylation is 1. The predicted octanol–water partition coefficient (Wildman–Crippen LogP) is 1.94. The van der Waals surface area contributed by atoms with Crippen LogP contribution >= 0.6 is 0 Å². The minimum absolute atomic E-state index is 0.960. The molecule has 0 radical (unpaired) electrons. The number of fused-ring (bicyclic) bond motifs is 1. The summed E-state index contributed by atoms with van der Waals surface area (Å²) >= 11 is 0. The van der Waals surface area contributed by atoms with Crippen molar-refractivity contribution >= 4 is 11.2 Å². The largest absolute Gasteiger partial charge is 0.387 e. The van der Waals surface area contributed by atoms with Gasteiger partial charge in [-0.2, -0.15) is 0 Å². The molecule has 2 aromatic rings. The molecule has 0 amide bonds. The van der Waals surface area contributed by atoms with Crippen LogP contribution in [0.4, 0.5) is 5.69 Å². The second-order valence-electron chi connectivity index (χ2n) is 2.99. The molecule has 0 spiro atoms. The number of aromatic nitrogens is 2. The number of nitrogens with one attached hydrogen (secondary N) is 1. The van der Waals surface area contributed by atoms with E-state index < -0.39 is 0 Å². The molecule has 0 aromatic carbocycles. The molecule has 3 nitrogen and oxygen atoms in total. The summed E-state index contributed by atoms with van der Waals surface area (Å²) in [4.78, 5) is 4.32. The molecule has 0 saturated carbocycles. The molecule has 0 bridgehead atoms. The third-order valence-electron chi connectivity index (χ3n) is 2.21. The maximum absolute atomic E-state index is 4.32. The average Bonchev–Trinajstić information content (AvgIpc) is 2.59. The Bertz CT molecular complexity index is 417. The Morgan fingerprint density at radius 2 is 2.31 bits per heavy atom. The van der Waals surface area contributed by atoms with Crippen LogP contribution in [0, 0.1) is 0 Å². The van der Waals surface area contributed by atoms with Gasteiger partial charge in [-0.05, 0) is 12.1 Å². The van der Waals surface area contributed by atoms with E-state index in [1.165, 1.54) is 0 Å². The highest BCUT2D eigenvalue weighted by Gasteiger charge is 2.00. The summed E-state index contributed by atoms with van der Waals surface area (Å²) in [5.41, 5.74) is 2.26. The van der Waals surface area contributed by atoms with Crippen LogP contribution < -0.4 is 5.32 Å². The SMILES string of the molecule is CCc1ncc2ccc(NC)cn12. The van der Waals surface area contributed by atoms with Gasteiger partial charge in [0.2, 0.25) is 0 Å². The highest BCUT2D eigenvalue weighted by Crippen LogP contribution is 2.12. The van der Waals surface area contributed by atoms with E-state index in [9.17, 15) is 0 Å². The Morgan fingerprint density at radius 3 is 3.00 bits per heavy atom. The lowest BCUT2D eigenvalue weighted by Gasteiger charge is -2.02. The number of hydrogen-bond acceptors (Lipinski definition) is 2. The third kappa shape index (κ3) is 1.26. The zero-order valence-corrected chi connectivity index (χ0v) is 7.91. The van der Waals surface area contributed by atoms with Gasteiger partial charge < -0.3 is 9.72 Å². The first kappa shape index (κ1) is 8.10. The maximum Gasteiger partial charge on any atom is 0.112 e. The minimum atomic E-state index is 0.960. The van der Waals surface area contributed by atoms with E-state index in [1.54, 1.807) is 0 Å². The van der Waals surface area contributed by atoms with E-state index in [2.05, 4.69) is 40.0 Å². The quantitative estimate of drug-likeness (QED) is 0.755. The number of anilines is 1. The second-order valence-corrected chi connectivity index (χ2v) is 2.99. The van der Waals surface area contributed by atoms with Crippen LogP contribution in [0.5, 0.6) is 0 Å². The van der Waals surface area contributed by atoms with Crippen molar-refractivity contribution < 1.29 is 0 Å². The van der Waals surface area contributed by atoms with E-state index in [1.807, 2.05) is 13.2 Å². The zero-order chi connectivity index (χ0) is 9.26. The van der Waals surface area contributed by atoms with Gasteiger partial charge in [0.15, 0.2) is 0 Å². The van der Waals surface area contributed by atoms with Crippen molar-refractivity contribution in [2.75, 3.05) is 12.4 Å². The van der Waals surface area contributed by atoms with Crippen LogP contribution in [0.15, 0.2) is 24.5 Å². The van der Waals surface area contributed by atoms with Crippen molar-refractivity contribution in [3.8, 4) is 0 Å². The molecule has 0 atom stereocenters. The lowest BCUT2D eigenvalue weighted by molar-refractivity contribution is 0.934. The molecule has 0 aliphatic carbocycles. The molecule has 0 fully saturated rings. The Hall–Kier alpha value is -1.51. The molecule has 68 valence electrons. The fourth-order valence-electron chi connectivity index (χ4n) is 1.45. The van der Waals surface area contributed by atoms with Gasteiger partial charge in [0.05, 0.1) is 17.4 Å². The number of imidazole rings is 1. The van der Waals surface area contributed by atoms with Crippen molar-refractivity contribution in [2.24, 2.45) is 0 Å². The summed E-state index contributed by atoms with van der Waals surface area (Å²) in [6.07, 6.45) is 4.93. The molecule has 2 aromatic heterocycles. The summed E-state index contributed by atoms with van der Waals surface area (Å²) < 4.78 is 2.12. The molecule has 0 aliphatic heterocycles. The fraction of sp³-hybridized carbons (Fsp3) is 0.300. The molecule has 0 aliphatic rings. The van der Waals surface area contributed by atoms with Crippen LogP contribution in [-0.2, 0) is 6.42 Å². The normalized spacial score (nSPS) is 10.6. The first-order valence-corrected chi connectivity index (χ1v) is 4.49. The summed E-state index contributed by atoms with van der Waals surface area (Å²) in [7, 11) is 1.92. The molecule has 2 heterocycles. The molecule has 0 saturated heterocycles. The van der Waals surface area contributed by atoms with Gasteiger partial charge in [0, 0.05) is 19.7 Å². The van der Waals surface area contributed by atoms with E-state index in [0.29, 0.717) is 0 Å². The molecule has 2 rings (SSSR count). The first-order chi connectivity index (χ1) is 6.35. The summed E-state index contributed by atoms with van der Waals surface area (Å²) in [5, 5.41) is 3.11. The molecule has 1 N–H and O–H groups in total. The third-order valence-corrected chi connectivity index (χ3v) is 2.21. The first-order valence-electron chi connectivity index (χ1n) is 4.49. The van der Waals surface area contributed by atoms with Gasteiger partial charge >= 0.3 is 0 Å². The van der Waals surface area contributed by atoms with Gasteiger partial charge in [-0.1, -0.05) is 6.92 Å². The Balaban J connectivity index is 2.64. The molecule has 0 unspecified atom stereocenters. The monoisotopic (exact) mass is 175 g/mol. The van der Waals surface area contributed by atoms with E-state index in [-0.39, 0.29) is 0 Å². The topological polar surface area (TPSA) is 29.3 Å². The van der Waals surface area contributed by atoms with Gasteiger partial charge in [-0.15, -0.1) is 0 Å². The van der Waals surface area contributed by atoms with Crippen LogP contribution in [0.3, 0.4) is 0 Å². The standard InChI is InChI=1S/C10H13N3/c1-3-10-12-6-9-5-4-8(11-2)7-13(9)10/h4-7,11H,3H2,1-2H3. The molecular weight excluding hydrogens is 162 g/mol. The smallest absolute Gasteiger partial charge is 0.112 e. The molecular formula is C10H13N3. The highest BCUT2D eigenvalue weighted by atomic mass is 15.0. The molecule has 3 heteroatoms. The number of hydrogen-bond donors (Lipinski definition) is 1. The Labute approximate surface area is 77.4 Å². The van der Waals surface area contributed by atoms with Crippen LogP contribution in [0.25, 0.3) is 5.52 Å². The van der Waals surface area contributed by atoms with Gasteiger partial charge in [-0.3, -0.25) is 0 Å². The van der Waals surface area contributed by atoms with Crippen LogP contribution in [0.2, 0.25) is 0 Å². The van der Waals surface area contributed by atoms with Crippen molar-refractivity contribution in [2.45, 2.75) is 13.3 Å². The van der Waals surface area contributed by atoms with Crippen LogP contribution in [-0.4, -0.2) is 16.4 Å². The highest BCUT2D eigenvalue weighted by molar-refractivity contribution is 5.53. The fourth-order valence-corrected chi connectivity index (χ4v) is 1.45. The van der Waals surface area contributed by atoms with E-state index in [0.717, 1.165) is 23.4 Å². The van der Waals surface area contributed by atoms with Crippen molar-refractivity contribution in [1.82, 2.24) is 9.38 Å². The van der Waals surface area contributed by atoms with Gasteiger partial charge in [-0.25, -0.2) is 4.98 Å². The van der Waals surface area contributed by atoms with Crippen molar-refractivity contribution in [3.05, 3.63) is 30.4 Å². The van der Waals surface area contributed by atoms with Gasteiger partial charge in [0.1, 0.15) is 5.82 Å². The minimum Gasteiger partial charge on any atom is -0.387 e. The zero-order valence-electron chi connectivity index (χ0n) is 7.91. The summed E-state index contributed by atoms with van der Waals surface area (Å²) in [6, 6.07) is 4.12. The average molecular weight is 175 g/mol. The summed E-state index contributed by atoms with van der Waals surface area (Å²) in [5.74, 6) is 1.10. The Kier molecular flexibility index (Phi) is 1.93. The van der Waals surface area contributed by atoms with E-state index >= 15 is 0 Å². The number of nitrogens with zero attached hydrogens (tertiary/aromatic N) is 2. The maximum atomic E-state index is 4.32. The Morgan fingerprint density at radius 1 is 1.46 bits per heavy atom. The lowest BCUT2D eigenvalue weighted by atomic mass is 10.3. The number of pyridine rings is 1. The van der Waals surface area contributed by atoms with Crippen molar-refractivity contribution in [3.63, 3.8) is 0 Å². The lowest BCUT2D eigenvalue weighted by Crippen LogP contribution is -1.95. The van der Waals surface area contributed by atoms with E-state index in [4.69, 9.17) is 0 Å². The number of rotatable bonds is 2. The molecule has 13 heavy (non-hydrogen) atoms. The second kappa shape index (κ2) is 3.09. The van der Waals surface area contributed by atoms with Gasteiger partial charge in [0.25, 0.3) is 0 Å². The predicted molar refractivity (Wildman–Crippen MR) is 54.1 cm³/mol.